The summed E-state index contributed by atoms with van der Waals surface area (Å²) in [5, 5.41) is 3.88. The molecule has 0 atom stereocenters. The standard InChI is InChI=1S/C21H22N2O3/c1-16-8-10-18(11-9-16)26-15-20(24)22-13-4-14-25-19-7-2-5-17-6-3-12-23-21(17)19/h2-3,5-12H,4,13-15H2,1H3,(H,22,24). The molecule has 0 aliphatic carbocycles. The van der Waals surface area contributed by atoms with Crippen LogP contribution in [0.5, 0.6) is 11.5 Å². The molecule has 5 heteroatoms. The number of para-hydroxylation sites is 1. The van der Waals surface area contributed by atoms with Gasteiger partial charge in [0.05, 0.1) is 6.61 Å². The molecule has 1 amide bonds. The number of amides is 1. The lowest BCUT2D eigenvalue weighted by Gasteiger charge is -2.10. The van der Waals surface area contributed by atoms with E-state index in [4.69, 9.17) is 9.47 Å². The minimum absolute atomic E-state index is 0.0111. The molecule has 1 aromatic heterocycles. The van der Waals surface area contributed by atoms with Crippen LogP contribution < -0.4 is 14.8 Å². The van der Waals surface area contributed by atoms with Gasteiger partial charge in [0, 0.05) is 18.1 Å². The van der Waals surface area contributed by atoms with Crippen LogP contribution in [0, 0.1) is 6.92 Å². The monoisotopic (exact) mass is 350 g/mol. The Labute approximate surface area is 153 Å². The fourth-order valence-corrected chi connectivity index (χ4v) is 2.51. The average Bonchev–Trinajstić information content (AvgIpc) is 2.67. The molecular formula is C21H22N2O3. The van der Waals surface area contributed by atoms with Crippen LogP contribution in [0.1, 0.15) is 12.0 Å². The number of benzene rings is 2. The third-order valence-corrected chi connectivity index (χ3v) is 3.89. The molecule has 0 aliphatic heterocycles. The van der Waals surface area contributed by atoms with Crippen molar-refractivity contribution in [1.29, 1.82) is 0 Å². The van der Waals surface area contributed by atoms with Crippen molar-refractivity contribution in [2.45, 2.75) is 13.3 Å². The van der Waals surface area contributed by atoms with E-state index in [9.17, 15) is 4.79 Å². The molecule has 0 aliphatic rings. The molecule has 3 aromatic rings. The van der Waals surface area contributed by atoms with Crippen LogP contribution in [0.15, 0.2) is 60.8 Å². The maximum absolute atomic E-state index is 11.8. The van der Waals surface area contributed by atoms with Crippen molar-refractivity contribution in [3.05, 3.63) is 66.4 Å². The summed E-state index contributed by atoms with van der Waals surface area (Å²) in [6.07, 6.45) is 2.46. The van der Waals surface area contributed by atoms with Gasteiger partial charge in [0.2, 0.25) is 0 Å². The van der Waals surface area contributed by atoms with Crippen LogP contribution in [0.3, 0.4) is 0 Å². The molecule has 0 spiro atoms. The van der Waals surface area contributed by atoms with E-state index in [-0.39, 0.29) is 12.5 Å². The average molecular weight is 350 g/mol. The Morgan fingerprint density at radius 3 is 2.69 bits per heavy atom. The molecule has 2 aromatic carbocycles. The van der Waals surface area contributed by atoms with Gasteiger partial charge in [-0.3, -0.25) is 9.78 Å². The van der Waals surface area contributed by atoms with Crippen LogP contribution >= 0.6 is 0 Å². The lowest BCUT2D eigenvalue weighted by molar-refractivity contribution is -0.123. The first-order chi connectivity index (χ1) is 12.7. The second kappa shape index (κ2) is 8.85. The van der Waals surface area contributed by atoms with Gasteiger partial charge in [-0.2, -0.15) is 0 Å². The van der Waals surface area contributed by atoms with Crippen molar-refractivity contribution in [3.63, 3.8) is 0 Å². The summed E-state index contributed by atoms with van der Waals surface area (Å²) in [6.45, 7) is 3.06. The number of ether oxygens (including phenoxy) is 2. The number of fused-ring (bicyclic) bond motifs is 1. The van der Waals surface area contributed by atoms with Crippen LogP contribution in [0.4, 0.5) is 0 Å². The Kier molecular flexibility index (Phi) is 6.04. The van der Waals surface area contributed by atoms with E-state index in [0.717, 1.165) is 22.2 Å². The van der Waals surface area contributed by atoms with Crippen LogP contribution in [0.2, 0.25) is 0 Å². The lowest BCUT2D eigenvalue weighted by atomic mass is 10.2. The second-order valence-corrected chi connectivity index (χ2v) is 5.98. The van der Waals surface area contributed by atoms with E-state index in [1.807, 2.05) is 61.5 Å². The summed E-state index contributed by atoms with van der Waals surface area (Å²) in [5.74, 6) is 1.31. The number of nitrogens with zero attached hydrogens (tertiary/aromatic N) is 1. The van der Waals surface area contributed by atoms with E-state index in [2.05, 4.69) is 10.3 Å². The fourth-order valence-electron chi connectivity index (χ4n) is 2.51. The molecule has 1 N–H and O–H groups in total. The highest BCUT2D eigenvalue weighted by molar-refractivity contribution is 5.84. The Hall–Kier alpha value is -3.08. The summed E-state index contributed by atoms with van der Waals surface area (Å²) >= 11 is 0. The fraction of sp³-hybridized carbons (Fsp3) is 0.238. The molecule has 26 heavy (non-hydrogen) atoms. The van der Waals surface area contributed by atoms with Crippen LogP contribution in [-0.2, 0) is 4.79 Å². The number of aryl methyl sites for hydroxylation is 1. The number of pyridine rings is 1. The highest BCUT2D eigenvalue weighted by Gasteiger charge is 2.04. The summed E-state index contributed by atoms with van der Waals surface area (Å²) in [5.41, 5.74) is 2.01. The number of rotatable bonds is 8. The van der Waals surface area contributed by atoms with E-state index in [1.54, 1.807) is 6.20 Å². The van der Waals surface area contributed by atoms with Crippen molar-refractivity contribution in [2.24, 2.45) is 0 Å². The van der Waals surface area contributed by atoms with Crippen molar-refractivity contribution in [2.75, 3.05) is 19.8 Å². The highest BCUT2D eigenvalue weighted by Crippen LogP contribution is 2.22. The van der Waals surface area contributed by atoms with Crippen molar-refractivity contribution in [3.8, 4) is 11.5 Å². The van der Waals surface area contributed by atoms with Crippen molar-refractivity contribution < 1.29 is 14.3 Å². The quantitative estimate of drug-likeness (QED) is 0.632. The third-order valence-electron chi connectivity index (χ3n) is 3.89. The first-order valence-electron chi connectivity index (χ1n) is 8.65. The summed E-state index contributed by atoms with van der Waals surface area (Å²) in [7, 11) is 0. The Balaban J connectivity index is 1.36. The largest absolute Gasteiger partial charge is 0.491 e. The molecule has 0 saturated carbocycles. The van der Waals surface area contributed by atoms with Crippen molar-refractivity contribution in [1.82, 2.24) is 10.3 Å². The topological polar surface area (TPSA) is 60.5 Å². The first kappa shape index (κ1) is 17.7. The van der Waals surface area contributed by atoms with Gasteiger partial charge in [0.25, 0.3) is 5.91 Å². The molecule has 0 unspecified atom stereocenters. The van der Waals surface area contributed by atoms with Gasteiger partial charge in [-0.25, -0.2) is 0 Å². The van der Waals surface area contributed by atoms with E-state index < -0.39 is 0 Å². The van der Waals surface area contributed by atoms with Gasteiger partial charge in [0.15, 0.2) is 6.61 Å². The molecule has 3 rings (SSSR count). The maximum atomic E-state index is 11.8. The van der Waals surface area contributed by atoms with Crippen LogP contribution in [0.25, 0.3) is 10.9 Å². The number of hydrogen-bond acceptors (Lipinski definition) is 4. The highest BCUT2D eigenvalue weighted by atomic mass is 16.5. The molecule has 0 radical (unpaired) electrons. The number of carbonyl (C=O) groups is 1. The summed E-state index contributed by atoms with van der Waals surface area (Å²) < 4.78 is 11.2. The third kappa shape index (κ3) is 4.96. The minimum Gasteiger partial charge on any atom is -0.491 e. The predicted molar refractivity (Wildman–Crippen MR) is 102 cm³/mol. The molecule has 0 bridgehead atoms. The molecule has 1 heterocycles. The number of aromatic nitrogens is 1. The zero-order valence-electron chi connectivity index (χ0n) is 14.8. The lowest BCUT2D eigenvalue weighted by Crippen LogP contribution is -2.30. The van der Waals surface area contributed by atoms with Gasteiger partial charge in [-0.1, -0.05) is 35.9 Å². The van der Waals surface area contributed by atoms with Crippen LogP contribution in [-0.4, -0.2) is 30.6 Å². The SMILES string of the molecule is Cc1ccc(OCC(=O)NCCCOc2cccc3cccnc23)cc1. The Morgan fingerprint density at radius 2 is 1.85 bits per heavy atom. The molecule has 5 nitrogen and oxygen atoms in total. The molecule has 0 fully saturated rings. The normalized spacial score (nSPS) is 10.5. The number of nitrogens with one attached hydrogen (secondary N) is 1. The van der Waals surface area contributed by atoms with Gasteiger partial charge in [0.1, 0.15) is 17.0 Å². The molecular weight excluding hydrogens is 328 g/mol. The zero-order chi connectivity index (χ0) is 18.2. The number of carbonyl (C=O) groups excluding carboxylic acids is 1. The van der Waals surface area contributed by atoms with Gasteiger partial charge >= 0.3 is 0 Å². The summed E-state index contributed by atoms with van der Waals surface area (Å²) in [4.78, 5) is 16.2. The Morgan fingerprint density at radius 1 is 1.04 bits per heavy atom. The van der Waals surface area contributed by atoms with Crippen molar-refractivity contribution >= 4 is 16.8 Å². The zero-order valence-corrected chi connectivity index (χ0v) is 14.8. The van der Waals surface area contributed by atoms with Gasteiger partial charge in [-0.05, 0) is 37.6 Å². The first-order valence-corrected chi connectivity index (χ1v) is 8.65. The van der Waals surface area contributed by atoms with E-state index >= 15 is 0 Å². The minimum atomic E-state index is -0.141. The maximum Gasteiger partial charge on any atom is 0.257 e. The van der Waals surface area contributed by atoms with E-state index in [1.165, 1.54) is 0 Å². The number of hydrogen-bond donors (Lipinski definition) is 1. The Bertz CT molecular complexity index is 857. The van der Waals surface area contributed by atoms with E-state index in [0.29, 0.717) is 25.3 Å². The predicted octanol–water partition coefficient (Wildman–Crippen LogP) is 3.51. The molecule has 134 valence electrons. The second-order valence-electron chi connectivity index (χ2n) is 5.98. The van der Waals surface area contributed by atoms with Gasteiger partial charge < -0.3 is 14.8 Å². The summed E-state index contributed by atoms with van der Waals surface area (Å²) in [6, 6.07) is 17.4. The molecule has 0 saturated heterocycles. The smallest absolute Gasteiger partial charge is 0.257 e. The van der Waals surface area contributed by atoms with Gasteiger partial charge in [-0.15, -0.1) is 0 Å².